The van der Waals surface area contributed by atoms with Crippen LogP contribution in [0.4, 0.5) is 13.2 Å². The van der Waals surface area contributed by atoms with E-state index in [2.05, 4.69) is 14.8 Å². The molecule has 10 nitrogen and oxygen atoms in total. The monoisotopic (exact) mass is 641 g/mol. The Labute approximate surface area is 249 Å². The molecule has 42 heavy (non-hydrogen) atoms. The van der Waals surface area contributed by atoms with Crippen molar-refractivity contribution in [2.45, 2.75) is 37.9 Å². The predicted molar refractivity (Wildman–Crippen MR) is 152 cm³/mol. The first-order chi connectivity index (χ1) is 20.1. The Morgan fingerprint density at radius 1 is 1.21 bits per heavy atom. The molecule has 0 unspecified atom stereocenters. The minimum Gasteiger partial charge on any atom is -0.396 e. The van der Waals surface area contributed by atoms with Crippen LogP contribution in [-0.4, -0.2) is 75.6 Å². The van der Waals surface area contributed by atoms with Gasteiger partial charge in [0.2, 0.25) is 0 Å². The van der Waals surface area contributed by atoms with Crippen molar-refractivity contribution in [1.82, 2.24) is 28.7 Å². The van der Waals surface area contributed by atoms with E-state index in [0.29, 0.717) is 58.3 Å². The standard InChI is InChI=1S/C26H27ClF3N7O3S2/c27-19-11-16(28)1-2-18(19)23-22(20-5-9-37(33-20)26(29)30)21-12-17(13-36(21)24(32-23)25-31-6-10-41-25)34-42(39,40)35-7-3-15(14-38)4-8-35/h1-2,5-6,9-11,15,17,23,26,34,38H,3-4,7-8,12-14H2/t17-,23-/m0/s1. The molecule has 2 fully saturated rings. The van der Waals surface area contributed by atoms with Crippen LogP contribution < -0.4 is 4.72 Å². The van der Waals surface area contributed by atoms with Gasteiger partial charge in [-0.2, -0.15) is 31.3 Å². The topological polar surface area (TPSA) is 116 Å². The lowest BCUT2D eigenvalue weighted by atomic mass is 9.92. The number of amidine groups is 1. The molecule has 0 amide bonds. The molecule has 16 heteroatoms. The third-order valence-corrected chi connectivity index (χ3v) is 10.5. The molecule has 0 saturated carbocycles. The second-order valence-electron chi connectivity index (χ2n) is 10.3. The van der Waals surface area contributed by atoms with Gasteiger partial charge in [-0.1, -0.05) is 17.7 Å². The van der Waals surface area contributed by atoms with Crippen molar-refractivity contribution >= 4 is 44.6 Å². The van der Waals surface area contributed by atoms with Crippen LogP contribution in [0.5, 0.6) is 0 Å². The van der Waals surface area contributed by atoms with Crippen LogP contribution in [0.2, 0.25) is 5.02 Å². The summed E-state index contributed by atoms with van der Waals surface area (Å²) in [5.74, 6) is -0.00213. The summed E-state index contributed by atoms with van der Waals surface area (Å²) in [5, 5.41) is 16.0. The lowest BCUT2D eigenvalue weighted by Crippen LogP contribution is -2.49. The Kier molecular flexibility index (Phi) is 8.15. The summed E-state index contributed by atoms with van der Waals surface area (Å²) in [5.41, 5.74) is 1.76. The van der Waals surface area contributed by atoms with Crippen molar-refractivity contribution in [2.24, 2.45) is 10.9 Å². The van der Waals surface area contributed by atoms with E-state index in [1.165, 1.54) is 33.8 Å². The maximum absolute atomic E-state index is 14.0. The van der Waals surface area contributed by atoms with Crippen LogP contribution in [0, 0.1) is 11.7 Å². The number of aliphatic hydroxyl groups is 1. The van der Waals surface area contributed by atoms with E-state index in [-0.39, 0.29) is 36.2 Å². The largest absolute Gasteiger partial charge is 0.396 e. The normalized spacial score (nSPS) is 22.2. The third kappa shape index (κ3) is 5.61. The zero-order chi connectivity index (χ0) is 29.6. The highest BCUT2D eigenvalue weighted by molar-refractivity contribution is 7.87. The Bertz CT molecular complexity index is 1620. The van der Waals surface area contributed by atoms with Crippen LogP contribution in [0.25, 0.3) is 5.57 Å². The Hall–Kier alpha value is -2.82. The number of nitrogens with zero attached hydrogens (tertiary/aromatic N) is 6. The number of aromatic nitrogens is 3. The van der Waals surface area contributed by atoms with Gasteiger partial charge in [0.1, 0.15) is 11.9 Å². The van der Waals surface area contributed by atoms with Gasteiger partial charge in [0, 0.05) is 78.3 Å². The van der Waals surface area contributed by atoms with Crippen molar-refractivity contribution in [1.29, 1.82) is 0 Å². The minimum atomic E-state index is -3.86. The number of benzene rings is 1. The summed E-state index contributed by atoms with van der Waals surface area (Å²) in [7, 11) is -3.86. The molecule has 0 aliphatic carbocycles. The molecule has 6 rings (SSSR count). The zero-order valence-electron chi connectivity index (χ0n) is 22.1. The first-order valence-electron chi connectivity index (χ1n) is 13.3. The number of rotatable bonds is 8. The number of aliphatic hydroxyl groups excluding tert-OH is 1. The number of nitrogens with one attached hydrogen (secondary N) is 1. The van der Waals surface area contributed by atoms with E-state index >= 15 is 0 Å². The van der Waals surface area contributed by atoms with E-state index in [9.17, 15) is 26.7 Å². The number of hydrogen-bond acceptors (Lipinski definition) is 8. The van der Waals surface area contributed by atoms with Gasteiger partial charge in [0.25, 0.3) is 10.2 Å². The highest BCUT2D eigenvalue weighted by atomic mass is 35.5. The SMILES string of the molecule is O=S(=O)(N[C@H]1CC2=C(c3ccn(C(F)F)n3)[C@H](c3ccc(F)cc3Cl)N=C(c3nccs3)N2C1)N1CCC(CO)CC1. The van der Waals surface area contributed by atoms with E-state index in [4.69, 9.17) is 16.6 Å². The first-order valence-corrected chi connectivity index (χ1v) is 16.0. The number of fused-ring (bicyclic) bond motifs is 1. The number of halogens is 4. The molecule has 2 atom stereocenters. The molecule has 5 heterocycles. The maximum atomic E-state index is 14.0. The molecule has 0 radical (unpaired) electrons. The van der Waals surface area contributed by atoms with E-state index in [1.54, 1.807) is 11.6 Å². The fraction of sp³-hybridized carbons (Fsp3) is 0.423. The maximum Gasteiger partial charge on any atom is 0.333 e. The summed E-state index contributed by atoms with van der Waals surface area (Å²) in [6, 6.07) is 3.92. The highest BCUT2D eigenvalue weighted by Gasteiger charge is 2.42. The number of aliphatic imine (C=N–C) groups is 1. The van der Waals surface area contributed by atoms with Crippen molar-refractivity contribution in [3.63, 3.8) is 0 Å². The first kappa shape index (κ1) is 29.3. The summed E-state index contributed by atoms with van der Waals surface area (Å²) in [4.78, 5) is 11.2. The Balaban J connectivity index is 1.42. The average molecular weight is 642 g/mol. The number of hydrogen-bond donors (Lipinski definition) is 2. The molecule has 0 spiro atoms. The van der Waals surface area contributed by atoms with Crippen molar-refractivity contribution in [3.8, 4) is 0 Å². The van der Waals surface area contributed by atoms with Crippen molar-refractivity contribution in [3.05, 3.63) is 74.8 Å². The van der Waals surface area contributed by atoms with Crippen LogP contribution in [-0.2, 0) is 10.2 Å². The van der Waals surface area contributed by atoms with Crippen LogP contribution in [0.1, 0.15) is 48.1 Å². The van der Waals surface area contributed by atoms with Gasteiger partial charge >= 0.3 is 6.55 Å². The molecule has 2 aromatic heterocycles. The molecule has 2 N–H and O–H groups in total. The molecule has 224 valence electrons. The second-order valence-corrected chi connectivity index (χ2v) is 13.3. The molecule has 0 bridgehead atoms. The van der Waals surface area contributed by atoms with Crippen molar-refractivity contribution < 1.29 is 26.7 Å². The van der Waals surface area contributed by atoms with E-state index in [0.717, 1.165) is 12.3 Å². The Morgan fingerprint density at radius 2 is 2.00 bits per heavy atom. The van der Waals surface area contributed by atoms with Crippen molar-refractivity contribution in [2.75, 3.05) is 26.2 Å². The van der Waals surface area contributed by atoms with Gasteiger partial charge in [0.05, 0.1) is 5.69 Å². The van der Waals surface area contributed by atoms with Gasteiger partial charge in [-0.25, -0.2) is 14.1 Å². The summed E-state index contributed by atoms with van der Waals surface area (Å²) >= 11 is 7.83. The lowest BCUT2D eigenvalue weighted by Gasteiger charge is -2.32. The quantitative estimate of drug-likeness (QED) is 0.384. The fourth-order valence-electron chi connectivity index (χ4n) is 5.65. The highest BCUT2D eigenvalue weighted by Crippen LogP contribution is 2.46. The number of piperidine rings is 1. The Morgan fingerprint density at radius 3 is 2.64 bits per heavy atom. The molecule has 3 aliphatic rings. The molecule has 1 aromatic carbocycles. The molecule has 3 aromatic rings. The predicted octanol–water partition coefficient (Wildman–Crippen LogP) is 4.05. The van der Waals surface area contributed by atoms with Crippen LogP contribution >= 0.6 is 22.9 Å². The minimum absolute atomic E-state index is 0.0231. The van der Waals surface area contributed by atoms with Gasteiger partial charge in [0.15, 0.2) is 10.8 Å². The molecule has 2 saturated heterocycles. The summed E-state index contributed by atoms with van der Waals surface area (Å²) in [6.07, 6.45) is 4.13. The third-order valence-electron chi connectivity index (χ3n) is 7.71. The van der Waals surface area contributed by atoms with Gasteiger partial charge in [-0.3, -0.25) is 4.99 Å². The second kappa shape index (κ2) is 11.7. The average Bonchev–Trinajstić information content (AvgIpc) is 3.73. The van der Waals surface area contributed by atoms with Gasteiger partial charge < -0.3 is 10.0 Å². The van der Waals surface area contributed by atoms with Crippen LogP contribution in [0.15, 0.2) is 52.7 Å². The zero-order valence-corrected chi connectivity index (χ0v) is 24.5. The summed E-state index contributed by atoms with van der Waals surface area (Å²) < 4.78 is 72.6. The summed E-state index contributed by atoms with van der Waals surface area (Å²) in [6.45, 7) is -2.04. The number of alkyl halides is 2. The van der Waals surface area contributed by atoms with Gasteiger partial charge in [-0.15, -0.1) is 11.3 Å². The fourth-order valence-corrected chi connectivity index (χ4v) is 7.98. The molecular weight excluding hydrogens is 615 g/mol. The number of thiazole rings is 1. The molecular formula is C26H27ClF3N7O3S2. The molecule has 3 aliphatic heterocycles. The smallest absolute Gasteiger partial charge is 0.333 e. The van der Waals surface area contributed by atoms with Crippen LogP contribution in [0.3, 0.4) is 0 Å². The lowest BCUT2D eigenvalue weighted by molar-refractivity contribution is 0.0564. The van der Waals surface area contributed by atoms with E-state index < -0.39 is 34.7 Å². The van der Waals surface area contributed by atoms with Gasteiger partial charge in [-0.05, 0) is 37.0 Å². The van der Waals surface area contributed by atoms with E-state index in [1.807, 2.05) is 4.90 Å².